The molecule has 0 atom stereocenters. The van der Waals surface area contributed by atoms with E-state index in [4.69, 9.17) is 11.6 Å². The summed E-state index contributed by atoms with van der Waals surface area (Å²) in [5.41, 5.74) is 2.06. The van der Waals surface area contributed by atoms with Gasteiger partial charge in [0.05, 0.1) is 22.7 Å². The van der Waals surface area contributed by atoms with Crippen LogP contribution in [0.3, 0.4) is 0 Å². The number of benzene rings is 2. The number of nitrogens with zero attached hydrogens (tertiary/aromatic N) is 4. The van der Waals surface area contributed by atoms with Crippen LogP contribution >= 0.6 is 22.9 Å². The Morgan fingerprint density at radius 1 is 1.08 bits per heavy atom. The minimum Gasteiger partial charge on any atom is -0.726 e. The van der Waals surface area contributed by atoms with Gasteiger partial charge in [-0.2, -0.15) is 0 Å². The minimum absolute atomic E-state index is 0.0274. The molecule has 0 aliphatic heterocycles. The highest BCUT2D eigenvalue weighted by atomic mass is 35.5. The molecule has 0 radical (unpaired) electrons. The van der Waals surface area contributed by atoms with E-state index in [0.717, 1.165) is 17.0 Å². The number of azo groups is 1. The van der Waals surface area contributed by atoms with Gasteiger partial charge in [-0.15, -0.1) is 10.2 Å². The first-order valence-electron chi connectivity index (χ1n) is 10.6. The number of ketones is 2. The Morgan fingerprint density at radius 3 is 2.31 bits per heavy atom. The van der Waals surface area contributed by atoms with Gasteiger partial charge in [0.15, 0.2) is 11.6 Å². The summed E-state index contributed by atoms with van der Waals surface area (Å²) in [7, 11) is -4.73. The van der Waals surface area contributed by atoms with Crippen LogP contribution in [0, 0.1) is 0 Å². The second kappa shape index (κ2) is 10.8. The SMILES string of the molecule is CCN(CCOS(=O)(=O)[O-])c1ccc(N=Nc2nc(Cl)c(C=C3C(=O)c4ccccc4C3=O)s2)cc1. The highest BCUT2D eigenvalue weighted by Crippen LogP contribution is 2.35. The van der Waals surface area contributed by atoms with Gasteiger partial charge >= 0.3 is 0 Å². The van der Waals surface area contributed by atoms with Crippen molar-refractivity contribution in [1.29, 1.82) is 0 Å². The summed E-state index contributed by atoms with van der Waals surface area (Å²) in [6.07, 6.45) is 1.43. The third-order valence-electron chi connectivity index (χ3n) is 5.22. The zero-order chi connectivity index (χ0) is 25.9. The van der Waals surface area contributed by atoms with Crippen molar-refractivity contribution in [2.45, 2.75) is 6.92 Å². The van der Waals surface area contributed by atoms with Gasteiger partial charge in [0.2, 0.25) is 15.5 Å². The Balaban J connectivity index is 1.45. The molecule has 1 aromatic heterocycles. The van der Waals surface area contributed by atoms with Crippen LogP contribution in [0.15, 0.2) is 64.3 Å². The molecule has 0 amide bonds. The zero-order valence-corrected chi connectivity index (χ0v) is 21.1. The lowest BCUT2D eigenvalue weighted by Gasteiger charge is -2.23. The number of fused-ring (bicyclic) bond motifs is 1. The van der Waals surface area contributed by atoms with Gasteiger partial charge in [-0.3, -0.25) is 13.8 Å². The molecule has 4 rings (SSSR count). The molecule has 1 heterocycles. The van der Waals surface area contributed by atoms with Crippen molar-refractivity contribution in [2.75, 3.05) is 24.6 Å². The number of rotatable bonds is 9. The van der Waals surface area contributed by atoms with Gasteiger partial charge in [-0.05, 0) is 37.3 Å². The average Bonchev–Trinajstić information content (AvgIpc) is 3.32. The average molecular weight is 546 g/mol. The lowest BCUT2D eigenvalue weighted by molar-refractivity contribution is 0.0990. The fourth-order valence-corrected chi connectivity index (χ4v) is 4.82. The van der Waals surface area contributed by atoms with E-state index in [9.17, 15) is 22.6 Å². The lowest BCUT2D eigenvalue weighted by atomic mass is 10.1. The number of hydrogen-bond donors (Lipinski definition) is 0. The third-order valence-corrected chi connectivity index (χ3v) is 6.96. The lowest BCUT2D eigenvalue weighted by Crippen LogP contribution is -2.27. The number of likely N-dealkylation sites (N-methyl/N-ethyl adjacent to an activating group) is 1. The standard InChI is InChI=1S/C23H19ClN4O6S2/c1-2-28(11-12-34-36(31,32)33)15-9-7-14(8-10-15)26-27-23-25-22(24)19(35-23)13-18-20(29)16-5-3-4-6-17(16)21(18)30/h3-10,13H,2,11-12H2,1H3,(H,31,32,33)/p-1. The van der Waals surface area contributed by atoms with Gasteiger partial charge in [-0.1, -0.05) is 47.2 Å². The van der Waals surface area contributed by atoms with Crippen molar-refractivity contribution < 1.29 is 26.7 Å². The second-order valence-electron chi connectivity index (χ2n) is 7.44. The number of aromatic nitrogens is 1. The Bertz CT molecular complexity index is 1450. The highest BCUT2D eigenvalue weighted by Gasteiger charge is 2.33. The maximum Gasteiger partial charge on any atom is 0.231 e. The Hall–Kier alpha value is -3.29. The smallest absolute Gasteiger partial charge is 0.231 e. The topological polar surface area (TPSA) is 141 Å². The van der Waals surface area contributed by atoms with E-state index in [-0.39, 0.29) is 40.6 Å². The Morgan fingerprint density at radius 2 is 1.72 bits per heavy atom. The Kier molecular flexibility index (Phi) is 7.71. The number of Topliss-reactive ketones (excluding diaryl/α,β-unsaturated/α-hetero) is 2. The van der Waals surface area contributed by atoms with Gasteiger partial charge in [0, 0.05) is 29.9 Å². The predicted octanol–water partition coefficient (Wildman–Crippen LogP) is 4.98. The molecule has 1 aliphatic carbocycles. The molecule has 0 N–H and O–H groups in total. The summed E-state index contributed by atoms with van der Waals surface area (Å²) in [6, 6.07) is 13.6. The first kappa shape index (κ1) is 25.8. The molecule has 0 fully saturated rings. The van der Waals surface area contributed by atoms with Crippen LogP contribution in [0.2, 0.25) is 5.15 Å². The molecule has 13 heteroatoms. The van der Waals surface area contributed by atoms with Gasteiger partial charge in [0.25, 0.3) is 0 Å². The summed E-state index contributed by atoms with van der Waals surface area (Å²) in [6.45, 7) is 2.40. The minimum atomic E-state index is -4.73. The van der Waals surface area contributed by atoms with Crippen LogP contribution in [0.4, 0.5) is 16.5 Å². The number of allylic oxidation sites excluding steroid dienone is 1. The van der Waals surface area contributed by atoms with E-state index in [1.807, 2.05) is 11.8 Å². The normalized spacial score (nSPS) is 13.5. The summed E-state index contributed by atoms with van der Waals surface area (Å²) < 4.78 is 36.0. The predicted molar refractivity (Wildman–Crippen MR) is 134 cm³/mol. The number of carbonyl (C=O) groups excluding carboxylic acids is 2. The fraction of sp³-hybridized carbons (Fsp3) is 0.174. The monoisotopic (exact) mass is 545 g/mol. The molecule has 0 spiro atoms. The maximum atomic E-state index is 12.6. The van der Waals surface area contributed by atoms with E-state index < -0.39 is 10.4 Å². The van der Waals surface area contributed by atoms with Crippen LogP contribution in [0.25, 0.3) is 6.08 Å². The number of anilines is 1. The van der Waals surface area contributed by atoms with Crippen LogP contribution in [0.5, 0.6) is 0 Å². The molecule has 0 saturated carbocycles. The first-order valence-corrected chi connectivity index (χ1v) is 13.1. The van der Waals surface area contributed by atoms with Crippen LogP contribution in [-0.2, 0) is 14.6 Å². The van der Waals surface area contributed by atoms with Crippen molar-refractivity contribution in [3.05, 3.63) is 75.3 Å². The summed E-state index contributed by atoms with van der Waals surface area (Å²) in [5, 5.41) is 8.59. The van der Waals surface area contributed by atoms with Crippen molar-refractivity contribution in [3.8, 4) is 0 Å². The summed E-state index contributed by atoms with van der Waals surface area (Å²) in [4.78, 5) is 31.6. The maximum absolute atomic E-state index is 12.6. The van der Waals surface area contributed by atoms with Gasteiger partial charge < -0.3 is 9.45 Å². The van der Waals surface area contributed by atoms with Crippen molar-refractivity contribution >= 4 is 67.5 Å². The number of carbonyl (C=O) groups is 2. The molecule has 186 valence electrons. The molecule has 10 nitrogen and oxygen atoms in total. The second-order valence-corrected chi connectivity index (χ2v) is 9.86. The number of hydrogen-bond acceptors (Lipinski definition) is 11. The van der Waals surface area contributed by atoms with Gasteiger partial charge in [0.1, 0.15) is 5.15 Å². The number of halogens is 1. The molecule has 3 aromatic rings. The van der Waals surface area contributed by atoms with E-state index in [1.165, 1.54) is 6.08 Å². The van der Waals surface area contributed by atoms with E-state index >= 15 is 0 Å². The van der Waals surface area contributed by atoms with Crippen molar-refractivity contribution in [3.63, 3.8) is 0 Å². The highest BCUT2D eigenvalue weighted by molar-refractivity contribution is 7.80. The molecular formula is C23H18ClN4O6S2-. The quantitative estimate of drug-likeness (QED) is 0.120. The fourth-order valence-electron chi connectivity index (χ4n) is 3.52. The van der Waals surface area contributed by atoms with Crippen LogP contribution in [-0.4, -0.2) is 49.2 Å². The molecule has 0 saturated heterocycles. The van der Waals surface area contributed by atoms with Gasteiger partial charge in [-0.25, -0.2) is 13.4 Å². The molecule has 2 aromatic carbocycles. The van der Waals surface area contributed by atoms with E-state index in [1.54, 1.807) is 48.5 Å². The summed E-state index contributed by atoms with van der Waals surface area (Å²) >= 11 is 7.30. The summed E-state index contributed by atoms with van der Waals surface area (Å²) in [5.74, 6) is -0.712. The zero-order valence-electron chi connectivity index (χ0n) is 18.8. The van der Waals surface area contributed by atoms with E-state index in [2.05, 4.69) is 19.4 Å². The number of thiazole rings is 1. The van der Waals surface area contributed by atoms with Crippen molar-refractivity contribution in [2.24, 2.45) is 10.2 Å². The molecule has 36 heavy (non-hydrogen) atoms. The molecule has 0 unspecified atom stereocenters. The first-order chi connectivity index (χ1) is 17.2. The van der Waals surface area contributed by atoms with Crippen LogP contribution < -0.4 is 4.90 Å². The van der Waals surface area contributed by atoms with E-state index in [0.29, 0.717) is 28.2 Å². The molecule has 0 bridgehead atoms. The van der Waals surface area contributed by atoms with Crippen LogP contribution in [0.1, 0.15) is 32.5 Å². The van der Waals surface area contributed by atoms with Crippen molar-refractivity contribution in [1.82, 2.24) is 4.98 Å². The molecule has 1 aliphatic rings. The Labute approximate surface area is 215 Å². The molecular weight excluding hydrogens is 528 g/mol. The largest absolute Gasteiger partial charge is 0.726 e. The third kappa shape index (κ3) is 5.91.